The zero-order valence-electron chi connectivity index (χ0n) is 50.3. The maximum atomic E-state index is 13.0. The Kier molecular flexibility index (Phi) is 55.9. The zero-order valence-corrected chi connectivity index (χ0v) is 51.2. The van der Waals surface area contributed by atoms with Crippen LogP contribution in [0.5, 0.6) is 0 Å². The summed E-state index contributed by atoms with van der Waals surface area (Å²) in [6.07, 6.45) is 73.1. The van der Waals surface area contributed by atoms with Gasteiger partial charge in [-0.2, -0.15) is 0 Å². The van der Waals surface area contributed by atoms with Crippen molar-refractivity contribution in [3.05, 3.63) is 24.3 Å². The molecule has 74 heavy (non-hydrogen) atoms. The van der Waals surface area contributed by atoms with Crippen LogP contribution in [0.2, 0.25) is 0 Å². The van der Waals surface area contributed by atoms with Crippen molar-refractivity contribution in [3.8, 4) is 0 Å². The summed E-state index contributed by atoms with van der Waals surface area (Å²) in [6, 6.07) is -0.883. The molecule has 440 valence electrons. The summed E-state index contributed by atoms with van der Waals surface area (Å²) in [6.45, 7) is 4.68. The predicted molar refractivity (Wildman–Crippen MR) is 321 cm³/mol. The number of nitrogens with zero attached hydrogens (tertiary/aromatic N) is 1. The quantitative estimate of drug-likeness (QED) is 0.0272. The van der Waals surface area contributed by atoms with E-state index in [0.29, 0.717) is 17.4 Å². The molecule has 0 heterocycles. The topological polar surface area (TPSA) is 108 Å². The van der Waals surface area contributed by atoms with Crippen LogP contribution in [0.1, 0.15) is 335 Å². The van der Waals surface area contributed by atoms with Crippen molar-refractivity contribution >= 4 is 13.7 Å². The van der Waals surface area contributed by atoms with Gasteiger partial charge in [0.05, 0.1) is 39.9 Å². The first-order chi connectivity index (χ1) is 36.0. The van der Waals surface area contributed by atoms with Crippen LogP contribution in [0.15, 0.2) is 24.3 Å². The number of aliphatic hydroxyl groups is 1. The number of quaternary nitrogens is 1. The molecule has 1 amide bonds. The third-order valence-corrected chi connectivity index (χ3v) is 16.1. The Morgan fingerprint density at radius 3 is 1.05 bits per heavy atom. The summed E-state index contributed by atoms with van der Waals surface area (Å²) in [5, 5.41) is 13.9. The van der Waals surface area contributed by atoms with Crippen molar-refractivity contribution in [1.82, 2.24) is 5.32 Å². The number of allylic oxidation sites excluding steroid dienone is 3. The lowest BCUT2D eigenvalue weighted by atomic mass is 10.0. The van der Waals surface area contributed by atoms with Gasteiger partial charge in [-0.15, -0.1) is 0 Å². The van der Waals surface area contributed by atoms with E-state index in [1.807, 2.05) is 27.2 Å². The summed E-state index contributed by atoms with van der Waals surface area (Å²) in [4.78, 5) is 25.5. The molecule has 0 aliphatic heterocycles. The normalized spacial score (nSPS) is 13.9. The minimum atomic E-state index is -4.59. The largest absolute Gasteiger partial charge is 0.756 e. The first-order valence-corrected chi connectivity index (χ1v) is 34.2. The van der Waals surface area contributed by atoms with E-state index < -0.39 is 20.0 Å². The van der Waals surface area contributed by atoms with Crippen molar-refractivity contribution in [3.63, 3.8) is 0 Å². The number of aliphatic hydroxyl groups excluding tert-OH is 1. The molecular formula is C65H129N2O6P. The van der Waals surface area contributed by atoms with Crippen LogP contribution >= 0.6 is 7.82 Å². The van der Waals surface area contributed by atoms with E-state index in [0.717, 1.165) is 38.5 Å². The zero-order chi connectivity index (χ0) is 54.2. The van der Waals surface area contributed by atoms with Crippen LogP contribution in [0.4, 0.5) is 0 Å². The molecule has 0 rings (SSSR count). The minimum absolute atomic E-state index is 0.00126. The lowest BCUT2D eigenvalue weighted by Gasteiger charge is -2.29. The molecule has 0 aromatic carbocycles. The second kappa shape index (κ2) is 56.7. The van der Waals surface area contributed by atoms with E-state index in [1.54, 1.807) is 6.08 Å². The minimum Gasteiger partial charge on any atom is -0.756 e. The molecule has 0 aliphatic rings. The van der Waals surface area contributed by atoms with Gasteiger partial charge in [-0.1, -0.05) is 308 Å². The van der Waals surface area contributed by atoms with Gasteiger partial charge in [-0.25, -0.2) is 0 Å². The lowest BCUT2D eigenvalue weighted by molar-refractivity contribution is -0.870. The fourth-order valence-corrected chi connectivity index (χ4v) is 10.8. The van der Waals surface area contributed by atoms with E-state index >= 15 is 0 Å². The third-order valence-electron chi connectivity index (χ3n) is 15.2. The smallest absolute Gasteiger partial charge is 0.268 e. The number of unbranched alkanes of at least 4 members (excludes halogenated alkanes) is 46. The summed E-state index contributed by atoms with van der Waals surface area (Å²) in [5.74, 6) is -0.192. The number of phosphoric ester groups is 1. The van der Waals surface area contributed by atoms with Gasteiger partial charge in [0.25, 0.3) is 7.82 Å². The highest BCUT2D eigenvalue weighted by atomic mass is 31.2. The number of amides is 1. The van der Waals surface area contributed by atoms with E-state index in [-0.39, 0.29) is 19.1 Å². The van der Waals surface area contributed by atoms with Gasteiger partial charge in [-0.3, -0.25) is 9.36 Å². The van der Waals surface area contributed by atoms with Crippen molar-refractivity contribution < 1.29 is 32.9 Å². The Hall–Kier alpha value is -1.02. The number of likely N-dealkylation sites (N-methyl/N-ethyl adjacent to an activating group) is 1. The molecule has 0 spiro atoms. The van der Waals surface area contributed by atoms with Crippen LogP contribution in [0.3, 0.4) is 0 Å². The van der Waals surface area contributed by atoms with Crippen LogP contribution in [-0.4, -0.2) is 68.5 Å². The molecule has 0 aromatic rings. The highest BCUT2D eigenvalue weighted by molar-refractivity contribution is 7.45. The molecular weight excluding hydrogens is 936 g/mol. The predicted octanol–water partition coefficient (Wildman–Crippen LogP) is 19.7. The molecule has 0 fully saturated rings. The van der Waals surface area contributed by atoms with Gasteiger partial charge in [0.2, 0.25) is 5.91 Å². The van der Waals surface area contributed by atoms with E-state index in [9.17, 15) is 19.4 Å². The molecule has 0 radical (unpaired) electrons. The third kappa shape index (κ3) is 58.7. The van der Waals surface area contributed by atoms with Gasteiger partial charge >= 0.3 is 0 Å². The second-order valence-corrected chi connectivity index (χ2v) is 25.2. The molecule has 0 saturated heterocycles. The Labute approximate surface area is 462 Å². The van der Waals surface area contributed by atoms with Crippen LogP contribution in [0, 0.1) is 0 Å². The maximum absolute atomic E-state index is 13.0. The Morgan fingerprint density at radius 1 is 0.459 bits per heavy atom. The summed E-state index contributed by atoms with van der Waals surface area (Å²) in [5.41, 5.74) is 0. The maximum Gasteiger partial charge on any atom is 0.268 e. The Bertz CT molecular complexity index is 1260. The summed E-state index contributed by atoms with van der Waals surface area (Å²) < 4.78 is 23.3. The van der Waals surface area contributed by atoms with E-state index in [2.05, 4.69) is 31.3 Å². The van der Waals surface area contributed by atoms with E-state index in [4.69, 9.17) is 9.05 Å². The average Bonchev–Trinajstić information content (AvgIpc) is 3.36. The molecule has 0 aliphatic carbocycles. The fourth-order valence-electron chi connectivity index (χ4n) is 10.0. The van der Waals surface area contributed by atoms with Crippen molar-refractivity contribution in [1.29, 1.82) is 0 Å². The number of carbonyl (C=O) groups is 1. The molecule has 8 nitrogen and oxygen atoms in total. The average molecular weight is 1070 g/mol. The van der Waals surface area contributed by atoms with Crippen molar-refractivity contribution in [2.75, 3.05) is 40.9 Å². The molecule has 0 saturated carbocycles. The molecule has 0 bridgehead atoms. The highest BCUT2D eigenvalue weighted by Gasteiger charge is 2.23. The van der Waals surface area contributed by atoms with E-state index in [1.165, 1.54) is 276 Å². The van der Waals surface area contributed by atoms with Crippen LogP contribution in [0.25, 0.3) is 0 Å². The number of hydrogen-bond acceptors (Lipinski definition) is 6. The first kappa shape index (κ1) is 73.0. The number of hydrogen-bond donors (Lipinski definition) is 2. The molecule has 3 unspecified atom stereocenters. The molecule has 9 heteroatoms. The fraction of sp³-hybridized carbons (Fsp3) is 0.923. The molecule has 0 aromatic heterocycles. The molecule has 3 atom stereocenters. The first-order valence-electron chi connectivity index (χ1n) is 32.7. The van der Waals surface area contributed by atoms with Gasteiger partial charge in [-0.05, 0) is 44.9 Å². The van der Waals surface area contributed by atoms with Crippen LogP contribution < -0.4 is 10.2 Å². The van der Waals surface area contributed by atoms with Crippen LogP contribution in [-0.2, 0) is 18.4 Å². The standard InChI is InChI=1S/C65H129N2O6P/c1-6-8-10-12-14-16-18-20-21-22-23-24-25-26-27-28-29-30-31-32-33-34-35-36-37-38-39-40-41-42-43-44-45-47-49-51-53-55-57-59-65(69)66-63(62-73-74(70,71)72-61-60-67(3,4)5)64(68)58-56-54-52-50-48-46-19-17-15-13-11-9-7-2/h32-33,56,58,63-64,68H,6-31,34-55,57,59-62H2,1-5H3,(H-,66,69,70,71)/b33-32-,58-56+. The second-order valence-electron chi connectivity index (χ2n) is 23.8. The number of rotatable bonds is 61. The van der Waals surface area contributed by atoms with Gasteiger partial charge in [0.15, 0.2) is 0 Å². The summed E-state index contributed by atoms with van der Waals surface area (Å²) in [7, 11) is 1.27. The number of nitrogens with one attached hydrogen (secondary N) is 1. The van der Waals surface area contributed by atoms with Gasteiger partial charge < -0.3 is 28.8 Å². The lowest BCUT2D eigenvalue weighted by Crippen LogP contribution is -2.45. The Morgan fingerprint density at radius 2 is 0.743 bits per heavy atom. The number of carbonyl (C=O) groups excluding carboxylic acids is 1. The SMILES string of the molecule is CCCCCCCCCCCCC/C=C/C(O)C(COP(=O)([O-])OCC[N+](C)(C)C)NC(=O)CCCCCCCCCCCCCCCCCCC/C=C\CCCCCCCCCCCCCCCCCCCC. The Balaban J connectivity index is 3.86. The monoisotopic (exact) mass is 1060 g/mol. The number of phosphoric acid groups is 1. The van der Waals surface area contributed by atoms with Gasteiger partial charge in [0.1, 0.15) is 13.2 Å². The van der Waals surface area contributed by atoms with Crippen molar-refractivity contribution in [2.45, 2.75) is 347 Å². The van der Waals surface area contributed by atoms with Gasteiger partial charge in [0, 0.05) is 6.42 Å². The summed E-state index contributed by atoms with van der Waals surface area (Å²) >= 11 is 0. The molecule has 2 N–H and O–H groups in total. The highest BCUT2D eigenvalue weighted by Crippen LogP contribution is 2.38. The van der Waals surface area contributed by atoms with Crippen molar-refractivity contribution in [2.24, 2.45) is 0 Å².